The fourth-order valence-electron chi connectivity index (χ4n) is 3.48. The van der Waals surface area contributed by atoms with Crippen molar-refractivity contribution in [1.29, 1.82) is 0 Å². The van der Waals surface area contributed by atoms with Gasteiger partial charge in [-0.3, -0.25) is 9.78 Å². The molecule has 1 heterocycles. The molecule has 1 aliphatic carbocycles. The standard InChI is InChI=1S/C23H20F2N2O2/c24-18-11-19(25)13-21(12-18)29-15-20-8-7-16(14-26-20)22(28)27-23(9-4-10-23)17-5-2-1-3-6-17/h1-3,5-8,11-14H,4,9-10,15H2,(H,27,28). The summed E-state index contributed by atoms with van der Waals surface area (Å²) in [6.07, 6.45) is 4.38. The zero-order chi connectivity index (χ0) is 20.3. The van der Waals surface area contributed by atoms with Crippen LogP contribution in [0.3, 0.4) is 0 Å². The molecular weight excluding hydrogens is 374 g/mol. The molecule has 3 aromatic rings. The summed E-state index contributed by atoms with van der Waals surface area (Å²) < 4.78 is 31.8. The summed E-state index contributed by atoms with van der Waals surface area (Å²) in [5.74, 6) is -1.51. The van der Waals surface area contributed by atoms with E-state index in [4.69, 9.17) is 4.74 Å². The van der Waals surface area contributed by atoms with Crippen LogP contribution in [0.5, 0.6) is 5.75 Å². The highest BCUT2D eigenvalue weighted by atomic mass is 19.1. The number of carbonyl (C=O) groups is 1. The van der Waals surface area contributed by atoms with Gasteiger partial charge in [-0.1, -0.05) is 30.3 Å². The number of nitrogens with one attached hydrogen (secondary N) is 1. The molecule has 0 saturated heterocycles. The minimum atomic E-state index is -0.705. The van der Waals surface area contributed by atoms with Gasteiger partial charge in [-0.05, 0) is 37.0 Å². The first-order chi connectivity index (χ1) is 14.0. The van der Waals surface area contributed by atoms with Gasteiger partial charge in [0, 0.05) is 24.4 Å². The fraction of sp³-hybridized carbons (Fsp3) is 0.217. The third-order valence-corrected chi connectivity index (χ3v) is 5.20. The minimum absolute atomic E-state index is 0.0404. The van der Waals surface area contributed by atoms with Gasteiger partial charge in [-0.15, -0.1) is 0 Å². The highest BCUT2D eigenvalue weighted by Crippen LogP contribution is 2.41. The maximum atomic E-state index is 13.2. The van der Waals surface area contributed by atoms with Gasteiger partial charge < -0.3 is 10.1 Å². The molecule has 1 aliphatic rings. The van der Waals surface area contributed by atoms with Crippen LogP contribution in [0.15, 0.2) is 66.9 Å². The van der Waals surface area contributed by atoms with Gasteiger partial charge in [0.1, 0.15) is 24.0 Å². The molecular formula is C23H20F2N2O2. The number of nitrogens with zero attached hydrogens (tertiary/aromatic N) is 1. The molecule has 148 valence electrons. The van der Waals surface area contributed by atoms with E-state index in [9.17, 15) is 13.6 Å². The van der Waals surface area contributed by atoms with E-state index in [0.29, 0.717) is 11.3 Å². The summed E-state index contributed by atoms with van der Waals surface area (Å²) in [6, 6.07) is 16.3. The van der Waals surface area contributed by atoms with Gasteiger partial charge in [0.25, 0.3) is 5.91 Å². The lowest BCUT2D eigenvalue weighted by atomic mass is 9.71. The summed E-state index contributed by atoms with van der Waals surface area (Å²) >= 11 is 0. The Hall–Kier alpha value is -3.28. The predicted octanol–water partition coefficient (Wildman–Crippen LogP) is 4.75. The van der Waals surface area contributed by atoms with Gasteiger partial charge in [0.05, 0.1) is 16.8 Å². The molecule has 0 bridgehead atoms. The molecule has 1 amide bonds. The van der Waals surface area contributed by atoms with Crippen molar-refractivity contribution < 1.29 is 18.3 Å². The average Bonchev–Trinajstić information content (AvgIpc) is 2.69. The molecule has 1 fully saturated rings. The van der Waals surface area contributed by atoms with Crippen molar-refractivity contribution in [3.8, 4) is 5.75 Å². The topological polar surface area (TPSA) is 51.2 Å². The summed E-state index contributed by atoms with van der Waals surface area (Å²) in [6.45, 7) is 0.0404. The lowest BCUT2D eigenvalue weighted by Gasteiger charge is -2.43. The molecule has 4 nitrogen and oxygen atoms in total. The zero-order valence-electron chi connectivity index (χ0n) is 15.7. The van der Waals surface area contributed by atoms with Crippen molar-refractivity contribution in [3.05, 3.63) is 95.3 Å². The van der Waals surface area contributed by atoms with Gasteiger partial charge in [-0.25, -0.2) is 8.78 Å². The van der Waals surface area contributed by atoms with E-state index >= 15 is 0 Å². The molecule has 4 rings (SSSR count). The van der Waals surface area contributed by atoms with E-state index in [1.807, 2.05) is 30.3 Å². The quantitative estimate of drug-likeness (QED) is 0.657. The third-order valence-electron chi connectivity index (χ3n) is 5.20. The summed E-state index contributed by atoms with van der Waals surface area (Å²) in [5, 5.41) is 3.16. The molecule has 0 aliphatic heterocycles. The Balaban J connectivity index is 1.40. The van der Waals surface area contributed by atoms with Crippen molar-refractivity contribution in [1.82, 2.24) is 10.3 Å². The predicted molar refractivity (Wildman–Crippen MR) is 104 cm³/mol. The van der Waals surface area contributed by atoms with E-state index in [1.165, 1.54) is 6.20 Å². The van der Waals surface area contributed by atoms with Crippen LogP contribution >= 0.6 is 0 Å². The fourth-order valence-corrected chi connectivity index (χ4v) is 3.48. The van der Waals surface area contributed by atoms with Gasteiger partial charge in [-0.2, -0.15) is 0 Å². The van der Waals surface area contributed by atoms with Crippen molar-refractivity contribution in [2.75, 3.05) is 0 Å². The van der Waals surface area contributed by atoms with Crippen molar-refractivity contribution in [2.24, 2.45) is 0 Å². The van der Waals surface area contributed by atoms with Crippen LogP contribution in [-0.4, -0.2) is 10.9 Å². The Kier molecular flexibility index (Phi) is 5.25. The van der Waals surface area contributed by atoms with E-state index in [1.54, 1.807) is 12.1 Å². The molecule has 1 aromatic heterocycles. The molecule has 0 radical (unpaired) electrons. The largest absolute Gasteiger partial charge is 0.487 e. The number of benzene rings is 2. The zero-order valence-corrected chi connectivity index (χ0v) is 15.7. The number of pyridine rings is 1. The first-order valence-electron chi connectivity index (χ1n) is 9.46. The molecule has 0 spiro atoms. The number of ether oxygens (including phenoxy) is 1. The van der Waals surface area contributed by atoms with Gasteiger partial charge >= 0.3 is 0 Å². The van der Waals surface area contributed by atoms with Crippen LogP contribution in [0.1, 0.15) is 40.9 Å². The number of rotatable bonds is 6. The smallest absolute Gasteiger partial charge is 0.253 e. The highest BCUT2D eigenvalue weighted by molar-refractivity contribution is 5.94. The van der Waals surface area contributed by atoms with Crippen LogP contribution in [-0.2, 0) is 12.1 Å². The average molecular weight is 394 g/mol. The molecule has 1 saturated carbocycles. The monoisotopic (exact) mass is 394 g/mol. The number of carbonyl (C=O) groups excluding carboxylic acids is 1. The molecule has 6 heteroatoms. The van der Waals surface area contributed by atoms with Crippen molar-refractivity contribution >= 4 is 5.91 Å². The SMILES string of the molecule is O=C(NC1(c2ccccc2)CCC1)c1ccc(COc2cc(F)cc(F)c2)nc1. The molecule has 0 unspecified atom stereocenters. The van der Waals surface area contributed by atoms with Crippen LogP contribution in [0, 0.1) is 11.6 Å². The summed E-state index contributed by atoms with van der Waals surface area (Å²) in [7, 11) is 0. The van der Waals surface area contributed by atoms with Gasteiger partial charge in [0.2, 0.25) is 0 Å². The van der Waals surface area contributed by atoms with Crippen molar-refractivity contribution in [3.63, 3.8) is 0 Å². The second kappa shape index (κ2) is 7.99. The first kappa shape index (κ1) is 19.1. The second-order valence-corrected chi connectivity index (χ2v) is 7.19. The number of aromatic nitrogens is 1. The minimum Gasteiger partial charge on any atom is -0.487 e. The normalized spacial score (nSPS) is 14.7. The molecule has 29 heavy (non-hydrogen) atoms. The van der Waals surface area contributed by atoms with E-state index in [-0.39, 0.29) is 23.8 Å². The Bertz CT molecular complexity index is 983. The maximum absolute atomic E-state index is 13.2. The number of amides is 1. The lowest BCUT2D eigenvalue weighted by Crippen LogP contribution is -2.50. The lowest BCUT2D eigenvalue weighted by molar-refractivity contribution is 0.0823. The van der Waals surface area contributed by atoms with Crippen LogP contribution in [0.4, 0.5) is 8.78 Å². The number of hydrogen-bond donors (Lipinski definition) is 1. The second-order valence-electron chi connectivity index (χ2n) is 7.19. The van der Waals surface area contributed by atoms with Crippen LogP contribution in [0.25, 0.3) is 0 Å². The Morgan fingerprint density at radius 2 is 1.76 bits per heavy atom. The van der Waals surface area contributed by atoms with Crippen LogP contribution in [0.2, 0.25) is 0 Å². The first-order valence-corrected chi connectivity index (χ1v) is 9.46. The third kappa shape index (κ3) is 4.26. The Labute approximate surface area is 167 Å². The molecule has 2 aromatic carbocycles. The van der Waals surface area contributed by atoms with E-state index in [2.05, 4.69) is 10.3 Å². The summed E-state index contributed by atoms with van der Waals surface area (Å²) in [4.78, 5) is 17.0. The maximum Gasteiger partial charge on any atom is 0.253 e. The molecule has 0 atom stereocenters. The highest BCUT2D eigenvalue weighted by Gasteiger charge is 2.40. The van der Waals surface area contributed by atoms with Crippen LogP contribution < -0.4 is 10.1 Å². The van der Waals surface area contributed by atoms with E-state index < -0.39 is 11.6 Å². The Morgan fingerprint density at radius 1 is 1.03 bits per heavy atom. The van der Waals surface area contributed by atoms with E-state index in [0.717, 1.165) is 43.0 Å². The Morgan fingerprint density at radius 3 is 2.34 bits per heavy atom. The molecule has 1 N–H and O–H groups in total. The number of halogens is 2. The summed E-state index contributed by atoms with van der Waals surface area (Å²) in [5.41, 5.74) is 1.79. The van der Waals surface area contributed by atoms with Gasteiger partial charge in [0.15, 0.2) is 0 Å². The van der Waals surface area contributed by atoms with Crippen molar-refractivity contribution in [2.45, 2.75) is 31.4 Å². The number of hydrogen-bond acceptors (Lipinski definition) is 3.